The highest BCUT2D eigenvalue weighted by Crippen LogP contribution is 2.37. The van der Waals surface area contributed by atoms with Gasteiger partial charge >= 0.3 is 0 Å². The van der Waals surface area contributed by atoms with Crippen LogP contribution in [-0.4, -0.2) is 74.8 Å². The number of phenols is 1. The zero-order valence-electron chi connectivity index (χ0n) is 18.5. The number of ether oxygens (including phenoxy) is 1. The van der Waals surface area contributed by atoms with Crippen LogP contribution in [0.1, 0.15) is 31.6 Å². The SMILES string of the molecule is CC(=O)N1CCN(c2nc(C)nc3c2nc(-c2ccccc2O)n3C2CCOCC2)CC1. The van der Waals surface area contributed by atoms with Gasteiger partial charge in [0.25, 0.3) is 0 Å². The number of aryl methyl sites for hydroxylation is 1. The fraction of sp³-hybridized carbons (Fsp3) is 0.478. The number of hydrogen-bond donors (Lipinski definition) is 1. The summed E-state index contributed by atoms with van der Waals surface area (Å²) in [7, 11) is 0. The molecular weight excluding hydrogens is 408 g/mol. The van der Waals surface area contributed by atoms with Crippen molar-refractivity contribution in [2.45, 2.75) is 32.7 Å². The Balaban J connectivity index is 1.66. The van der Waals surface area contributed by atoms with Gasteiger partial charge in [0.15, 0.2) is 17.0 Å². The number of anilines is 1. The van der Waals surface area contributed by atoms with Crippen molar-refractivity contribution in [1.82, 2.24) is 24.4 Å². The molecule has 1 amide bonds. The molecule has 0 bridgehead atoms. The number of imidazole rings is 1. The zero-order valence-corrected chi connectivity index (χ0v) is 18.5. The number of benzene rings is 1. The molecule has 4 heterocycles. The van der Waals surface area contributed by atoms with E-state index in [1.165, 1.54) is 0 Å². The number of nitrogens with zero attached hydrogens (tertiary/aromatic N) is 6. The summed E-state index contributed by atoms with van der Waals surface area (Å²) in [5, 5.41) is 10.6. The van der Waals surface area contributed by atoms with Crippen LogP contribution >= 0.6 is 0 Å². The first-order valence-electron chi connectivity index (χ1n) is 11.2. The fourth-order valence-corrected chi connectivity index (χ4v) is 4.66. The Bertz CT molecular complexity index is 1150. The van der Waals surface area contributed by atoms with E-state index in [0.29, 0.717) is 56.6 Å². The fourth-order valence-electron chi connectivity index (χ4n) is 4.66. The Kier molecular flexibility index (Phi) is 5.42. The summed E-state index contributed by atoms with van der Waals surface area (Å²) in [6.45, 7) is 7.59. The van der Waals surface area contributed by atoms with E-state index in [9.17, 15) is 9.90 Å². The highest BCUT2D eigenvalue weighted by Gasteiger charge is 2.29. The van der Waals surface area contributed by atoms with E-state index in [-0.39, 0.29) is 17.7 Å². The van der Waals surface area contributed by atoms with Crippen LogP contribution in [0, 0.1) is 6.92 Å². The minimum atomic E-state index is 0.0966. The molecule has 0 saturated carbocycles. The zero-order chi connectivity index (χ0) is 22.2. The largest absolute Gasteiger partial charge is 0.507 e. The molecule has 2 aromatic heterocycles. The summed E-state index contributed by atoms with van der Waals surface area (Å²) >= 11 is 0. The van der Waals surface area contributed by atoms with Gasteiger partial charge in [0.1, 0.15) is 17.4 Å². The van der Waals surface area contributed by atoms with Gasteiger partial charge in [-0.25, -0.2) is 15.0 Å². The Morgan fingerprint density at radius 2 is 1.78 bits per heavy atom. The Morgan fingerprint density at radius 3 is 2.47 bits per heavy atom. The normalized spacial score (nSPS) is 17.8. The number of phenolic OH excluding ortho intramolecular Hbond substituents is 1. The molecule has 2 aliphatic rings. The minimum absolute atomic E-state index is 0.0966. The Hall–Kier alpha value is -3.20. The van der Waals surface area contributed by atoms with Gasteiger partial charge < -0.3 is 24.2 Å². The van der Waals surface area contributed by atoms with Gasteiger partial charge in [-0.15, -0.1) is 0 Å². The van der Waals surface area contributed by atoms with Crippen LogP contribution in [0.15, 0.2) is 24.3 Å². The van der Waals surface area contributed by atoms with Gasteiger partial charge in [0, 0.05) is 52.4 Å². The first-order chi connectivity index (χ1) is 15.5. The second-order valence-corrected chi connectivity index (χ2v) is 8.43. The van der Waals surface area contributed by atoms with Crippen LogP contribution < -0.4 is 4.90 Å². The summed E-state index contributed by atoms with van der Waals surface area (Å²) in [5.74, 6) is 2.46. The molecule has 0 atom stereocenters. The first kappa shape index (κ1) is 20.7. The third kappa shape index (κ3) is 3.66. The molecule has 9 heteroatoms. The number of fused-ring (bicyclic) bond motifs is 1. The van der Waals surface area contributed by atoms with Gasteiger partial charge in [0.2, 0.25) is 5.91 Å². The third-order valence-corrected chi connectivity index (χ3v) is 6.36. The lowest BCUT2D eigenvalue weighted by Crippen LogP contribution is -2.48. The highest BCUT2D eigenvalue weighted by molar-refractivity contribution is 5.88. The van der Waals surface area contributed by atoms with Crippen LogP contribution in [0.5, 0.6) is 5.75 Å². The second kappa shape index (κ2) is 8.38. The van der Waals surface area contributed by atoms with Crippen molar-refractivity contribution in [3.05, 3.63) is 30.1 Å². The molecule has 1 aromatic carbocycles. The smallest absolute Gasteiger partial charge is 0.219 e. The number of hydrogen-bond acceptors (Lipinski definition) is 7. The minimum Gasteiger partial charge on any atom is -0.507 e. The van der Waals surface area contributed by atoms with Gasteiger partial charge in [0.05, 0.1) is 5.56 Å². The summed E-state index contributed by atoms with van der Waals surface area (Å²) in [5.41, 5.74) is 2.20. The number of amides is 1. The Labute approximate surface area is 186 Å². The van der Waals surface area contributed by atoms with Crippen molar-refractivity contribution in [3.63, 3.8) is 0 Å². The topological polar surface area (TPSA) is 96.6 Å². The number of aromatic hydroxyl groups is 1. The average molecular weight is 437 g/mol. The van der Waals surface area contributed by atoms with Crippen LogP contribution in [0.4, 0.5) is 5.82 Å². The average Bonchev–Trinajstić information content (AvgIpc) is 3.18. The van der Waals surface area contributed by atoms with E-state index < -0.39 is 0 Å². The van der Waals surface area contributed by atoms with E-state index in [2.05, 4.69) is 9.47 Å². The summed E-state index contributed by atoms with van der Waals surface area (Å²) in [4.78, 5) is 30.4. The van der Waals surface area contributed by atoms with Crippen LogP contribution in [0.25, 0.3) is 22.6 Å². The third-order valence-electron chi connectivity index (χ3n) is 6.36. The summed E-state index contributed by atoms with van der Waals surface area (Å²) < 4.78 is 7.76. The molecule has 5 rings (SSSR count). The lowest BCUT2D eigenvalue weighted by molar-refractivity contribution is -0.129. The monoisotopic (exact) mass is 436 g/mol. The molecule has 32 heavy (non-hydrogen) atoms. The molecule has 1 N–H and O–H groups in total. The summed E-state index contributed by atoms with van der Waals surface area (Å²) in [6.07, 6.45) is 1.73. The standard InChI is InChI=1S/C23H28N6O3/c1-15-24-22(28-11-9-27(10-12-28)16(2)30)20-23(25-15)29(17-7-13-32-14-8-17)21(26-20)18-5-3-4-6-19(18)31/h3-6,17,31H,7-14H2,1-2H3. The van der Waals surface area contributed by atoms with E-state index in [1.54, 1.807) is 13.0 Å². The predicted octanol–water partition coefficient (Wildman–Crippen LogP) is 2.53. The molecule has 168 valence electrons. The van der Waals surface area contributed by atoms with Gasteiger partial charge in [-0.05, 0) is 31.9 Å². The van der Waals surface area contributed by atoms with E-state index in [4.69, 9.17) is 19.7 Å². The van der Waals surface area contributed by atoms with E-state index in [0.717, 1.165) is 29.8 Å². The molecule has 9 nitrogen and oxygen atoms in total. The van der Waals surface area contributed by atoms with E-state index in [1.807, 2.05) is 30.0 Å². The number of piperazine rings is 1. The van der Waals surface area contributed by atoms with Gasteiger partial charge in [-0.2, -0.15) is 0 Å². The maximum Gasteiger partial charge on any atom is 0.219 e. The maximum absolute atomic E-state index is 11.8. The van der Waals surface area contributed by atoms with Crippen LogP contribution in [0.3, 0.4) is 0 Å². The van der Waals surface area contributed by atoms with Gasteiger partial charge in [-0.3, -0.25) is 4.79 Å². The lowest BCUT2D eigenvalue weighted by Gasteiger charge is -2.35. The molecule has 3 aromatic rings. The molecule has 0 radical (unpaired) electrons. The van der Waals surface area contributed by atoms with E-state index >= 15 is 0 Å². The predicted molar refractivity (Wildman–Crippen MR) is 121 cm³/mol. The molecule has 0 unspecified atom stereocenters. The number of rotatable bonds is 3. The second-order valence-electron chi connectivity index (χ2n) is 8.43. The molecule has 0 aliphatic carbocycles. The van der Waals surface area contributed by atoms with Gasteiger partial charge in [-0.1, -0.05) is 12.1 Å². The first-order valence-corrected chi connectivity index (χ1v) is 11.2. The van der Waals surface area contributed by atoms with Crippen LogP contribution in [0.2, 0.25) is 0 Å². The maximum atomic E-state index is 11.8. The number of aromatic nitrogens is 4. The summed E-state index contributed by atoms with van der Waals surface area (Å²) in [6, 6.07) is 7.46. The molecule has 2 aliphatic heterocycles. The molecule has 2 fully saturated rings. The van der Waals surface area contributed by atoms with Crippen molar-refractivity contribution in [1.29, 1.82) is 0 Å². The molecule has 0 spiro atoms. The molecule has 2 saturated heterocycles. The lowest BCUT2D eigenvalue weighted by atomic mass is 10.1. The van der Waals surface area contributed by atoms with Crippen molar-refractivity contribution in [2.24, 2.45) is 0 Å². The Morgan fingerprint density at radius 1 is 1.06 bits per heavy atom. The van der Waals surface area contributed by atoms with Crippen molar-refractivity contribution < 1.29 is 14.6 Å². The van der Waals surface area contributed by atoms with Crippen molar-refractivity contribution >= 4 is 22.9 Å². The quantitative estimate of drug-likeness (QED) is 0.674. The van der Waals surface area contributed by atoms with Crippen molar-refractivity contribution in [2.75, 3.05) is 44.3 Å². The number of carbonyl (C=O) groups is 1. The van der Waals surface area contributed by atoms with Crippen LogP contribution in [-0.2, 0) is 9.53 Å². The number of carbonyl (C=O) groups excluding carboxylic acids is 1. The number of para-hydroxylation sites is 1. The molecular formula is C23H28N6O3. The van der Waals surface area contributed by atoms with Crippen molar-refractivity contribution in [3.8, 4) is 17.1 Å². The highest BCUT2D eigenvalue weighted by atomic mass is 16.5.